The SMILES string of the molecule is CCOC(=O)C1=C(c2ccccc2)SC(=C2C(=S)C(C)(C)N(C)c3ccc(C)cc32)S1. The summed E-state index contributed by atoms with van der Waals surface area (Å²) in [5.74, 6) is -0.281. The molecule has 0 bridgehead atoms. The maximum absolute atomic E-state index is 12.8. The number of hydrogen-bond donors (Lipinski definition) is 0. The summed E-state index contributed by atoms with van der Waals surface area (Å²) in [6.07, 6.45) is 0. The van der Waals surface area contributed by atoms with Gasteiger partial charge in [0, 0.05) is 33.6 Å². The van der Waals surface area contributed by atoms with Gasteiger partial charge in [-0.05, 0) is 45.4 Å². The molecule has 0 aliphatic carbocycles. The number of hydrogen-bond acceptors (Lipinski definition) is 6. The standard InChI is InChI=1S/C25H25NO2S3/c1-6-28-23(27)21-20(16-10-8-7-9-11-16)30-24(31-21)19-17-14-15(2)12-13-18(17)26(5)25(3,4)22(19)29/h7-14H,6H2,1-5H3. The van der Waals surface area contributed by atoms with Crippen LogP contribution in [0.15, 0.2) is 57.7 Å². The second kappa shape index (κ2) is 8.49. The van der Waals surface area contributed by atoms with Crippen LogP contribution in [-0.2, 0) is 9.53 Å². The molecule has 2 aromatic rings. The molecule has 2 aliphatic heterocycles. The largest absolute Gasteiger partial charge is 0.462 e. The van der Waals surface area contributed by atoms with Crippen LogP contribution in [0.25, 0.3) is 10.5 Å². The highest BCUT2D eigenvalue weighted by Crippen LogP contribution is 2.58. The number of carbonyl (C=O) groups excluding carboxylic acids is 1. The van der Waals surface area contributed by atoms with E-state index in [-0.39, 0.29) is 11.5 Å². The van der Waals surface area contributed by atoms with Crippen LogP contribution in [-0.4, -0.2) is 30.0 Å². The first-order valence-electron chi connectivity index (χ1n) is 10.2. The third kappa shape index (κ3) is 3.86. The van der Waals surface area contributed by atoms with Crippen molar-refractivity contribution in [1.82, 2.24) is 0 Å². The predicted octanol–water partition coefficient (Wildman–Crippen LogP) is 6.67. The van der Waals surface area contributed by atoms with Gasteiger partial charge in [-0.25, -0.2) is 4.79 Å². The zero-order valence-electron chi connectivity index (χ0n) is 18.3. The van der Waals surface area contributed by atoms with E-state index in [4.69, 9.17) is 17.0 Å². The first kappa shape index (κ1) is 22.2. The highest BCUT2D eigenvalue weighted by atomic mass is 32.2. The van der Waals surface area contributed by atoms with Gasteiger partial charge in [0.15, 0.2) is 0 Å². The third-order valence-electron chi connectivity index (χ3n) is 5.70. The van der Waals surface area contributed by atoms with Crippen molar-refractivity contribution in [3.63, 3.8) is 0 Å². The molecule has 31 heavy (non-hydrogen) atoms. The molecule has 0 saturated carbocycles. The molecule has 2 aromatic carbocycles. The molecule has 0 atom stereocenters. The van der Waals surface area contributed by atoms with E-state index in [1.807, 2.05) is 37.3 Å². The molecule has 4 rings (SSSR count). The number of rotatable bonds is 3. The lowest BCUT2D eigenvalue weighted by Crippen LogP contribution is -2.51. The van der Waals surface area contributed by atoms with Crippen molar-refractivity contribution in [3.05, 3.63) is 74.4 Å². The Balaban J connectivity index is 1.90. The molecular weight excluding hydrogens is 442 g/mol. The Kier molecular flexibility index (Phi) is 6.08. The van der Waals surface area contributed by atoms with Crippen molar-refractivity contribution < 1.29 is 9.53 Å². The minimum atomic E-state index is -0.319. The quantitative estimate of drug-likeness (QED) is 0.284. The minimum absolute atomic E-state index is 0.281. The first-order chi connectivity index (χ1) is 14.8. The van der Waals surface area contributed by atoms with E-state index in [0.29, 0.717) is 11.5 Å². The molecule has 160 valence electrons. The van der Waals surface area contributed by atoms with Gasteiger partial charge in [-0.2, -0.15) is 0 Å². The normalized spacial score (nSPS) is 20.2. The average Bonchev–Trinajstić information content (AvgIpc) is 3.19. The summed E-state index contributed by atoms with van der Waals surface area (Å²) in [4.78, 5) is 17.5. The Morgan fingerprint density at radius 2 is 1.84 bits per heavy atom. The van der Waals surface area contributed by atoms with Crippen molar-refractivity contribution in [2.45, 2.75) is 33.2 Å². The molecule has 0 radical (unpaired) electrons. The maximum atomic E-state index is 12.8. The summed E-state index contributed by atoms with van der Waals surface area (Å²) in [7, 11) is 2.09. The van der Waals surface area contributed by atoms with Gasteiger partial charge in [0.25, 0.3) is 0 Å². The minimum Gasteiger partial charge on any atom is -0.462 e. The molecule has 0 saturated heterocycles. The Hall–Kier alpha value is -2.02. The number of anilines is 1. The molecule has 6 heteroatoms. The molecule has 0 aromatic heterocycles. The van der Waals surface area contributed by atoms with Crippen LogP contribution in [0.5, 0.6) is 0 Å². The maximum Gasteiger partial charge on any atom is 0.346 e. The van der Waals surface area contributed by atoms with Gasteiger partial charge in [0.1, 0.15) is 4.91 Å². The van der Waals surface area contributed by atoms with E-state index in [1.54, 1.807) is 11.8 Å². The molecule has 0 N–H and O–H groups in total. The summed E-state index contributed by atoms with van der Waals surface area (Å²) in [6, 6.07) is 16.5. The van der Waals surface area contributed by atoms with Crippen LogP contribution in [0, 0.1) is 6.92 Å². The fraction of sp³-hybridized carbons (Fsp3) is 0.280. The number of ether oxygens (including phenoxy) is 1. The highest BCUT2D eigenvalue weighted by Gasteiger charge is 2.41. The second-order valence-electron chi connectivity index (χ2n) is 8.08. The van der Waals surface area contributed by atoms with Gasteiger partial charge in [0.05, 0.1) is 16.4 Å². The lowest BCUT2D eigenvalue weighted by Gasteiger charge is -2.44. The fourth-order valence-electron chi connectivity index (χ4n) is 3.74. The summed E-state index contributed by atoms with van der Waals surface area (Å²) in [6.45, 7) is 8.58. The number of aryl methyl sites for hydroxylation is 1. The van der Waals surface area contributed by atoms with Gasteiger partial charge < -0.3 is 9.64 Å². The van der Waals surface area contributed by atoms with Crippen LogP contribution in [0.4, 0.5) is 5.69 Å². The zero-order chi connectivity index (χ0) is 22.3. The van der Waals surface area contributed by atoms with Crippen molar-refractivity contribution in [2.75, 3.05) is 18.6 Å². The lowest BCUT2D eigenvalue weighted by molar-refractivity contribution is -0.137. The van der Waals surface area contributed by atoms with Gasteiger partial charge in [-0.1, -0.05) is 77.7 Å². The topological polar surface area (TPSA) is 29.5 Å². The molecule has 0 amide bonds. The fourth-order valence-corrected chi connectivity index (χ4v) is 6.92. The molecule has 2 aliphatic rings. The van der Waals surface area contributed by atoms with Crippen molar-refractivity contribution in [2.24, 2.45) is 0 Å². The molecule has 2 heterocycles. The summed E-state index contributed by atoms with van der Waals surface area (Å²) in [5.41, 5.74) is 5.21. The van der Waals surface area contributed by atoms with E-state index < -0.39 is 0 Å². The molecule has 0 spiro atoms. The smallest absolute Gasteiger partial charge is 0.346 e. The number of esters is 1. The predicted molar refractivity (Wildman–Crippen MR) is 138 cm³/mol. The van der Waals surface area contributed by atoms with E-state index in [9.17, 15) is 4.79 Å². The molecular formula is C25H25NO2S3. The zero-order valence-corrected chi connectivity index (χ0v) is 20.8. The van der Waals surface area contributed by atoms with Crippen LogP contribution >= 0.6 is 35.7 Å². The lowest BCUT2D eigenvalue weighted by atomic mass is 9.83. The van der Waals surface area contributed by atoms with Crippen molar-refractivity contribution in [1.29, 1.82) is 0 Å². The van der Waals surface area contributed by atoms with Gasteiger partial charge in [-0.3, -0.25) is 0 Å². The van der Waals surface area contributed by atoms with Gasteiger partial charge in [-0.15, -0.1) is 0 Å². The number of carbonyl (C=O) groups is 1. The molecule has 3 nitrogen and oxygen atoms in total. The summed E-state index contributed by atoms with van der Waals surface area (Å²) in [5, 5.41) is 0. The molecule has 0 unspecified atom stereocenters. The van der Waals surface area contributed by atoms with E-state index in [2.05, 4.69) is 50.9 Å². The Bertz CT molecular complexity index is 1130. The highest BCUT2D eigenvalue weighted by molar-refractivity contribution is 8.32. The van der Waals surface area contributed by atoms with Gasteiger partial charge >= 0.3 is 5.97 Å². The van der Waals surface area contributed by atoms with Crippen LogP contribution in [0.2, 0.25) is 0 Å². The van der Waals surface area contributed by atoms with Crippen LogP contribution in [0.1, 0.15) is 37.5 Å². The Labute approximate surface area is 197 Å². The number of benzene rings is 2. The average molecular weight is 468 g/mol. The first-order valence-corrected chi connectivity index (χ1v) is 12.3. The monoisotopic (exact) mass is 467 g/mol. The van der Waals surface area contributed by atoms with Crippen molar-refractivity contribution in [3.8, 4) is 0 Å². The summed E-state index contributed by atoms with van der Waals surface area (Å²) >= 11 is 9.15. The van der Waals surface area contributed by atoms with E-state index in [0.717, 1.165) is 36.4 Å². The van der Waals surface area contributed by atoms with Gasteiger partial charge in [0.2, 0.25) is 0 Å². The van der Waals surface area contributed by atoms with Crippen LogP contribution < -0.4 is 4.90 Å². The van der Waals surface area contributed by atoms with Crippen LogP contribution in [0.3, 0.4) is 0 Å². The van der Waals surface area contributed by atoms with E-state index >= 15 is 0 Å². The number of thioether (sulfide) groups is 2. The second-order valence-corrected chi connectivity index (χ2v) is 10.8. The van der Waals surface area contributed by atoms with E-state index in [1.165, 1.54) is 17.3 Å². The Morgan fingerprint density at radius 3 is 2.52 bits per heavy atom. The summed E-state index contributed by atoms with van der Waals surface area (Å²) < 4.78 is 6.43. The Morgan fingerprint density at radius 1 is 1.13 bits per heavy atom. The number of nitrogens with zero attached hydrogens (tertiary/aromatic N) is 1. The third-order valence-corrected chi connectivity index (χ3v) is 9.03. The van der Waals surface area contributed by atoms with Crippen molar-refractivity contribution >= 4 is 62.7 Å². The molecule has 0 fully saturated rings. The number of thiocarbonyl (C=S) groups is 1. The number of fused-ring (bicyclic) bond motifs is 1.